The summed E-state index contributed by atoms with van der Waals surface area (Å²) in [4.78, 5) is 22.0. The first-order valence-electron chi connectivity index (χ1n) is 7.97. The normalized spacial score (nSPS) is 15.5. The zero-order valence-electron chi connectivity index (χ0n) is 13.1. The third-order valence-electron chi connectivity index (χ3n) is 4.28. The van der Waals surface area contributed by atoms with Crippen LogP contribution in [-0.4, -0.2) is 29.1 Å². The molecule has 0 saturated carbocycles. The summed E-state index contributed by atoms with van der Waals surface area (Å²) in [7, 11) is 0. The van der Waals surface area contributed by atoms with Crippen LogP contribution in [0.25, 0.3) is 21.2 Å². The Balaban J connectivity index is 1.58. The molecule has 0 unspecified atom stereocenters. The van der Waals surface area contributed by atoms with E-state index in [2.05, 4.69) is 27.4 Å². The average molecular weight is 339 g/mol. The van der Waals surface area contributed by atoms with Gasteiger partial charge in [0.15, 0.2) is 0 Å². The van der Waals surface area contributed by atoms with Crippen molar-refractivity contribution < 1.29 is 9.53 Å². The molecular formula is C18H17N3O2S. The second kappa shape index (κ2) is 6.67. The highest BCUT2D eigenvalue weighted by Crippen LogP contribution is 2.28. The van der Waals surface area contributed by atoms with Crippen molar-refractivity contribution in [3.05, 3.63) is 42.2 Å². The lowest BCUT2D eigenvalue weighted by atomic mass is 9.99. The van der Waals surface area contributed by atoms with Gasteiger partial charge in [0.05, 0.1) is 10.4 Å². The second-order valence-electron chi connectivity index (χ2n) is 5.87. The Bertz CT molecular complexity index is 858. The molecule has 1 N–H and O–H groups in total. The molecule has 1 aromatic carbocycles. The second-order valence-corrected chi connectivity index (χ2v) is 6.76. The number of anilines is 1. The minimum atomic E-state index is 0.0137. The van der Waals surface area contributed by atoms with Gasteiger partial charge in [-0.3, -0.25) is 9.78 Å². The van der Waals surface area contributed by atoms with E-state index in [1.54, 1.807) is 17.5 Å². The van der Waals surface area contributed by atoms with Crippen molar-refractivity contribution in [3.8, 4) is 10.4 Å². The third-order valence-corrected chi connectivity index (χ3v) is 5.10. The van der Waals surface area contributed by atoms with Crippen LogP contribution < -0.4 is 5.32 Å². The number of carbonyl (C=O) groups excluding carboxylic acids is 1. The lowest BCUT2D eigenvalue weighted by molar-refractivity contribution is -0.122. The van der Waals surface area contributed by atoms with E-state index in [0.717, 1.165) is 34.1 Å². The summed E-state index contributed by atoms with van der Waals surface area (Å²) in [5.41, 5.74) is 2.95. The summed E-state index contributed by atoms with van der Waals surface area (Å²) in [5, 5.41) is 5.04. The van der Waals surface area contributed by atoms with Gasteiger partial charge in [0, 0.05) is 36.9 Å². The minimum Gasteiger partial charge on any atom is -0.381 e. The number of rotatable bonds is 3. The number of nitrogens with zero attached hydrogens (tertiary/aromatic N) is 2. The topological polar surface area (TPSA) is 64.1 Å². The molecular weight excluding hydrogens is 322 g/mol. The third kappa shape index (κ3) is 3.16. The van der Waals surface area contributed by atoms with Gasteiger partial charge in [-0.1, -0.05) is 12.1 Å². The molecule has 1 amide bonds. The maximum absolute atomic E-state index is 12.3. The highest BCUT2D eigenvalue weighted by atomic mass is 32.1. The van der Waals surface area contributed by atoms with E-state index in [-0.39, 0.29) is 11.8 Å². The van der Waals surface area contributed by atoms with Gasteiger partial charge in [-0.25, -0.2) is 4.98 Å². The fourth-order valence-electron chi connectivity index (χ4n) is 2.91. The largest absolute Gasteiger partial charge is 0.381 e. The number of benzene rings is 1. The van der Waals surface area contributed by atoms with Crippen molar-refractivity contribution in [1.29, 1.82) is 0 Å². The van der Waals surface area contributed by atoms with E-state index in [0.29, 0.717) is 19.0 Å². The molecule has 24 heavy (non-hydrogen) atoms. The number of fused-ring (bicyclic) bond motifs is 1. The molecule has 0 spiro atoms. The number of pyridine rings is 1. The highest BCUT2D eigenvalue weighted by Gasteiger charge is 2.21. The number of aromatic nitrogens is 2. The van der Waals surface area contributed by atoms with Crippen molar-refractivity contribution in [2.75, 3.05) is 18.5 Å². The Morgan fingerprint density at radius 2 is 2.04 bits per heavy atom. The summed E-state index contributed by atoms with van der Waals surface area (Å²) < 4.78 is 5.31. The van der Waals surface area contributed by atoms with E-state index in [1.807, 2.05) is 23.8 Å². The van der Waals surface area contributed by atoms with Gasteiger partial charge < -0.3 is 10.1 Å². The molecule has 1 fully saturated rings. The number of carbonyl (C=O) groups is 1. The minimum absolute atomic E-state index is 0.0137. The van der Waals surface area contributed by atoms with Crippen LogP contribution >= 0.6 is 11.3 Å². The predicted molar refractivity (Wildman–Crippen MR) is 95.0 cm³/mol. The zero-order chi connectivity index (χ0) is 16.4. The number of hydrogen-bond donors (Lipinski definition) is 1. The van der Waals surface area contributed by atoms with Crippen molar-refractivity contribution in [2.45, 2.75) is 12.8 Å². The maximum Gasteiger partial charge on any atom is 0.228 e. The number of thiazole rings is 1. The quantitative estimate of drug-likeness (QED) is 0.790. The lowest BCUT2D eigenvalue weighted by Gasteiger charge is -2.21. The van der Waals surface area contributed by atoms with Crippen LogP contribution in [0.3, 0.4) is 0 Å². The monoisotopic (exact) mass is 339 g/mol. The van der Waals surface area contributed by atoms with E-state index >= 15 is 0 Å². The molecule has 0 bridgehead atoms. The first kappa shape index (κ1) is 15.2. The average Bonchev–Trinajstić information content (AvgIpc) is 3.16. The molecule has 0 atom stereocenters. The van der Waals surface area contributed by atoms with E-state index in [1.165, 1.54) is 0 Å². The van der Waals surface area contributed by atoms with Crippen LogP contribution in [0.1, 0.15) is 12.8 Å². The molecule has 0 radical (unpaired) electrons. The van der Waals surface area contributed by atoms with Gasteiger partial charge in [0.25, 0.3) is 0 Å². The fourth-order valence-corrected chi connectivity index (χ4v) is 3.53. The summed E-state index contributed by atoms with van der Waals surface area (Å²) in [6.07, 6.45) is 5.20. The molecule has 1 saturated heterocycles. The molecule has 122 valence electrons. The van der Waals surface area contributed by atoms with Crippen molar-refractivity contribution in [3.63, 3.8) is 0 Å². The van der Waals surface area contributed by atoms with Gasteiger partial charge in [0.1, 0.15) is 5.82 Å². The summed E-state index contributed by atoms with van der Waals surface area (Å²) in [6, 6.07) is 8.14. The Morgan fingerprint density at radius 3 is 2.83 bits per heavy atom. The van der Waals surface area contributed by atoms with Gasteiger partial charge in [0.2, 0.25) is 5.91 Å². The SMILES string of the molecule is O=C(Nc1cc2cc(-c3cncs3)ccc2cn1)C1CCOCC1. The molecule has 3 heterocycles. The molecule has 0 aliphatic carbocycles. The van der Waals surface area contributed by atoms with E-state index < -0.39 is 0 Å². The van der Waals surface area contributed by atoms with Gasteiger partial charge in [-0.2, -0.15) is 0 Å². The highest BCUT2D eigenvalue weighted by molar-refractivity contribution is 7.13. The summed E-state index contributed by atoms with van der Waals surface area (Å²) in [5.74, 6) is 0.643. The predicted octanol–water partition coefficient (Wildman–Crippen LogP) is 3.72. The molecule has 1 aliphatic heterocycles. The molecule has 6 heteroatoms. The van der Waals surface area contributed by atoms with Gasteiger partial charge >= 0.3 is 0 Å². The maximum atomic E-state index is 12.3. The molecule has 2 aromatic heterocycles. The molecule has 4 rings (SSSR count). The van der Waals surface area contributed by atoms with Gasteiger partial charge in [-0.15, -0.1) is 11.3 Å². The van der Waals surface area contributed by atoms with Crippen LogP contribution in [0.5, 0.6) is 0 Å². The fraction of sp³-hybridized carbons (Fsp3) is 0.278. The van der Waals surface area contributed by atoms with Crippen LogP contribution in [-0.2, 0) is 9.53 Å². The van der Waals surface area contributed by atoms with Crippen molar-refractivity contribution >= 4 is 33.8 Å². The molecule has 3 aromatic rings. The Kier molecular flexibility index (Phi) is 4.23. The smallest absolute Gasteiger partial charge is 0.228 e. The van der Waals surface area contributed by atoms with Crippen LogP contribution in [0.2, 0.25) is 0 Å². The standard InChI is InChI=1S/C18H17N3O2S/c22-18(12-3-5-23-6-4-12)21-17-8-15-7-13(16-10-19-11-24-16)1-2-14(15)9-20-17/h1-2,7-12H,3-6H2,(H,20,21,22). The Hall–Kier alpha value is -2.31. The molecule has 1 aliphatic rings. The van der Waals surface area contributed by atoms with Crippen LogP contribution in [0.15, 0.2) is 42.2 Å². The summed E-state index contributed by atoms with van der Waals surface area (Å²) >= 11 is 1.61. The summed E-state index contributed by atoms with van der Waals surface area (Å²) in [6.45, 7) is 1.31. The number of amides is 1. The van der Waals surface area contributed by atoms with Crippen LogP contribution in [0, 0.1) is 5.92 Å². The number of ether oxygens (including phenoxy) is 1. The van der Waals surface area contributed by atoms with E-state index in [4.69, 9.17) is 4.74 Å². The first-order valence-corrected chi connectivity index (χ1v) is 8.85. The van der Waals surface area contributed by atoms with Gasteiger partial charge in [-0.05, 0) is 35.9 Å². The Labute approximate surface area is 143 Å². The zero-order valence-corrected chi connectivity index (χ0v) is 13.9. The Morgan fingerprint density at radius 1 is 1.17 bits per heavy atom. The number of nitrogens with one attached hydrogen (secondary N) is 1. The van der Waals surface area contributed by atoms with Crippen LogP contribution in [0.4, 0.5) is 5.82 Å². The van der Waals surface area contributed by atoms with E-state index in [9.17, 15) is 4.79 Å². The number of hydrogen-bond acceptors (Lipinski definition) is 5. The molecule has 5 nitrogen and oxygen atoms in total. The lowest BCUT2D eigenvalue weighted by Crippen LogP contribution is -2.28. The van der Waals surface area contributed by atoms with Crippen molar-refractivity contribution in [1.82, 2.24) is 9.97 Å². The van der Waals surface area contributed by atoms with Crippen molar-refractivity contribution in [2.24, 2.45) is 5.92 Å². The first-order chi connectivity index (χ1) is 11.8.